The topological polar surface area (TPSA) is 17.1 Å². The Hall–Kier alpha value is -1.11. The van der Waals surface area contributed by atoms with Crippen molar-refractivity contribution in [3.05, 3.63) is 35.4 Å². The van der Waals surface area contributed by atoms with Gasteiger partial charge in [0.1, 0.15) is 0 Å². The lowest BCUT2D eigenvalue weighted by molar-refractivity contribution is 0.0869. The fourth-order valence-electron chi connectivity index (χ4n) is 3.68. The molecule has 1 aliphatic rings. The second-order valence-corrected chi connectivity index (χ2v) is 7.17. The Balaban J connectivity index is 1.97. The molecule has 1 heteroatoms. The number of carbonyl (C=O) groups is 1. The minimum Gasteiger partial charge on any atom is -0.294 e. The highest BCUT2D eigenvalue weighted by Crippen LogP contribution is 2.33. The second-order valence-electron chi connectivity index (χ2n) is 7.17. The Bertz CT molecular complexity index is 453. The molecule has 21 heavy (non-hydrogen) atoms. The largest absolute Gasteiger partial charge is 0.294 e. The Labute approximate surface area is 130 Å². The summed E-state index contributed by atoms with van der Waals surface area (Å²) < 4.78 is 0. The van der Waals surface area contributed by atoms with Gasteiger partial charge in [0, 0.05) is 11.5 Å². The molecule has 0 amide bonds. The van der Waals surface area contributed by atoms with E-state index in [1.54, 1.807) is 0 Å². The van der Waals surface area contributed by atoms with Crippen molar-refractivity contribution in [1.82, 2.24) is 0 Å². The van der Waals surface area contributed by atoms with Crippen LogP contribution in [-0.2, 0) is 6.42 Å². The molecule has 1 saturated carbocycles. The number of rotatable bonds is 6. The molecular weight excluding hydrogens is 256 g/mol. The van der Waals surface area contributed by atoms with Crippen LogP contribution in [0.5, 0.6) is 0 Å². The van der Waals surface area contributed by atoms with E-state index in [0.717, 1.165) is 30.7 Å². The van der Waals surface area contributed by atoms with E-state index in [1.165, 1.54) is 31.2 Å². The van der Waals surface area contributed by atoms with Crippen LogP contribution >= 0.6 is 0 Å². The van der Waals surface area contributed by atoms with Crippen LogP contribution in [0, 0.1) is 17.8 Å². The Morgan fingerprint density at radius 1 is 1.19 bits per heavy atom. The molecule has 116 valence electrons. The highest BCUT2D eigenvalue weighted by Gasteiger charge is 2.26. The van der Waals surface area contributed by atoms with Gasteiger partial charge in [-0.15, -0.1) is 0 Å². The number of carbonyl (C=O) groups excluding carboxylic acids is 1. The minimum atomic E-state index is 0.271. The molecular formula is C20H30O. The van der Waals surface area contributed by atoms with Gasteiger partial charge < -0.3 is 0 Å². The van der Waals surface area contributed by atoms with Gasteiger partial charge in [0.25, 0.3) is 0 Å². The first-order chi connectivity index (χ1) is 10.1. The van der Waals surface area contributed by atoms with Gasteiger partial charge in [0.05, 0.1) is 0 Å². The van der Waals surface area contributed by atoms with Crippen LogP contribution in [-0.4, -0.2) is 5.78 Å². The summed E-state index contributed by atoms with van der Waals surface area (Å²) in [6.07, 6.45) is 8.36. The van der Waals surface area contributed by atoms with Crippen molar-refractivity contribution in [3.63, 3.8) is 0 Å². The van der Waals surface area contributed by atoms with Crippen LogP contribution < -0.4 is 0 Å². The zero-order valence-corrected chi connectivity index (χ0v) is 13.9. The molecule has 1 nitrogen and oxygen atoms in total. The van der Waals surface area contributed by atoms with Crippen LogP contribution in [0.25, 0.3) is 0 Å². The normalized spacial score (nSPS) is 22.5. The summed E-state index contributed by atoms with van der Waals surface area (Å²) >= 11 is 0. The third kappa shape index (κ3) is 4.69. The van der Waals surface area contributed by atoms with E-state index < -0.39 is 0 Å². The van der Waals surface area contributed by atoms with Crippen molar-refractivity contribution in [1.29, 1.82) is 0 Å². The van der Waals surface area contributed by atoms with E-state index in [9.17, 15) is 4.79 Å². The predicted octanol–water partition coefficient (Wildman–Crippen LogP) is 5.67. The highest BCUT2D eigenvalue weighted by molar-refractivity contribution is 5.98. The zero-order chi connectivity index (χ0) is 15.2. The summed E-state index contributed by atoms with van der Waals surface area (Å²) in [4.78, 5) is 12.7. The van der Waals surface area contributed by atoms with E-state index in [1.807, 2.05) is 12.1 Å². The second kappa shape index (κ2) is 7.77. The standard InChI is InChI=1S/C20H30O/c1-4-6-16-9-11-18(12-10-16)20(21)19-8-5-7-17(14-19)13-15(2)3/h5,7-8,14-16,18H,4,6,9-13H2,1-3H3. The molecule has 2 rings (SSSR count). The van der Waals surface area contributed by atoms with Crippen LogP contribution in [0.3, 0.4) is 0 Å². The van der Waals surface area contributed by atoms with Gasteiger partial charge in [-0.3, -0.25) is 4.79 Å². The van der Waals surface area contributed by atoms with Crippen molar-refractivity contribution in [2.24, 2.45) is 17.8 Å². The van der Waals surface area contributed by atoms with Crippen molar-refractivity contribution in [2.75, 3.05) is 0 Å². The first-order valence-electron chi connectivity index (χ1n) is 8.73. The molecule has 0 bridgehead atoms. The minimum absolute atomic E-state index is 0.271. The maximum Gasteiger partial charge on any atom is 0.165 e. The predicted molar refractivity (Wildman–Crippen MR) is 89.7 cm³/mol. The van der Waals surface area contributed by atoms with Crippen LogP contribution in [0.2, 0.25) is 0 Å². The van der Waals surface area contributed by atoms with Crippen LogP contribution in [0.1, 0.15) is 75.2 Å². The molecule has 0 unspecified atom stereocenters. The number of ketones is 1. The summed E-state index contributed by atoms with van der Waals surface area (Å²) in [6.45, 7) is 6.71. The molecule has 0 N–H and O–H groups in total. The fraction of sp³-hybridized carbons (Fsp3) is 0.650. The molecule has 0 spiro atoms. The number of benzene rings is 1. The first-order valence-corrected chi connectivity index (χ1v) is 8.73. The van der Waals surface area contributed by atoms with Gasteiger partial charge in [-0.2, -0.15) is 0 Å². The zero-order valence-electron chi connectivity index (χ0n) is 13.9. The van der Waals surface area contributed by atoms with Crippen LogP contribution in [0.15, 0.2) is 24.3 Å². The monoisotopic (exact) mass is 286 g/mol. The van der Waals surface area contributed by atoms with Crippen LogP contribution in [0.4, 0.5) is 0 Å². The molecule has 0 atom stereocenters. The fourth-order valence-corrected chi connectivity index (χ4v) is 3.68. The van der Waals surface area contributed by atoms with E-state index in [2.05, 4.69) is 32.9 Å². The maximum atomic E-state index is 12.7. The Kier molecular flexibility index (Phi) is 6.02. The molecule has 1 aliphatic carbocycles. The van der Waals surface area contributed by atoms with Gasteiger partial charge in [-0.25, -0.2) is 0 Å². The molecule has 1 aromatic rings. The highest BCUT2D eigenvalue weighted by atomic mass is 16.1. The summed E-state index contributed by atoms with van der Waals surface area (Å²) in [5.74, 6) is 2.16. The smallest absolute Gasteiger partial charge is 0.165 e. The number of hydrogen-bond acceptors (Lipinski definition) is 1. The van der Waals surface area contributed by atoms with Gasteiger partial charge >= 0.3 is 0 Å². The summed E-state index contributed by atoms with van der Waals surface area (Å²) in [5, 5.41) is 0. The van der Waals surface area contributed by atoms with Gasteiger partial charge in [-0.1, -0.05) is 51.8 Å². The lowest BCUT2D eigenvalue weighted by Crippen LogP contribution is -2.22. The lowest BCUT2D eigenvalue weighted by Gasteiger charge is -2.27. The quantitative estimate of drug-likeness (QED) is 0.615. The number of Topliss-reactive ketones (excluding diaryl/α,β-unsaturated/α-hetero) is 1. The Morgan fingerprint density at radius 3 is 2.52 bits per heavy atom. The van der Waals surface area contributed by atoms with Gasteiger partial charge in [0.2, 0.25) is 0 Å². The Morgan fingerprint density at radius 2 is 1.90 bits per heavy atom. The first kappa shape index (κ1) is 16.3. The van der Waals surface area contributed by atoms with Crippen molar-refractivity contribution >= 4 is 5.78 Å². The molecule has 1 fully saturated rings. The molecule has 0 radical (unpaired) electrons. The third-order valence-corrected chi connectivity index (χ3v) is 4.77. The van der Waals surface area contributed by atoms with E-state index >= 15 is 0 Å². The van der Waals surface area contributed by atoms with Gasteiger partial charge in [-0.05, 0) is 55.6 Å². The summed E-state index contributed by atoms with van der Waals surface area (Å²) in [7, 11) is 0. The summed E-state index contributed by atoms with van der Waals surface area (Å²) in [5.41, 5.74) is 2.24. The SMILES string of the molecule is CCCC1CCC(C(=O)c2cccc(CC(C)C)c2)CC1. The van der Waals surface area contributed by atoms with Gasteiger partial charge in [0.15, 0.2) is 5.78 Å². The van der Waals surface area contributed by atoms with E-state index in [4.69, 9.17) is 0 Å². The molecule has 0 heterocycles. The van der Waals surface area contributed by atoms with Crippen molar-refractivity contribution in [2.45, 2.75) is 65.7 Å². The third-order valence-electron chi connectivity index (χ3n) is 4.77. The lowest BCUT2D eigenvalue weighted by atomic mass is 9.77. The van der Waals surface area contributed by atoms with E-state index in [0.29, 0.717) is 11.7 Å². The molecule has 1 aromatic carbocycles. The summed E-state index contributed by atoms with van der Waals surface area (Å²) in [6, 6.07) is 8.33. The maximum absolute atomic E-state index is 12.7. The molecule has 0 aliphatic heterocycles. The molecule has 0 saturated heterocycles. The average Bonchev–Trinajstić information content (AvgIpc) is 2.47. The van der Waals surface area contributed by atoms with E-state index in [-0.39, 0.29) is 5.92 Å². The van der Waals surface area contributed by atoms with Crippen molar-refractivity contribution in [3.8, 4) is 0 Å². The molecule has 0 aromatic heterocycles. The van der Waals surface area contributed by atoms with Crippen molar-refractivity contribution < 1.29 is 4.79 Å². The number of hydrogen-bond donors (Lipinski definition) is 0. The average molecular weight is 286 g/mol.